The number of hydrogen-bond acceptors (Lipinski definition) is 2. The largest absolute Gasteiger partial charge is 0.356 e. The van der Waals surface area contributed by atoms with Gasteiger partial charge in [0.15, 0.2) is 6.21 Å². The smallest absolute Gasteiger partial charge is 0.219 e. The van der Waals surface area contributed by atoms with Gasteiger partial charge in [0.25, 0.3) is 0 Å². The molecule has 0 amide bonds. The highest BCUT2D eigenvalue weighted by atomic mass is 16.1. The number of benzene rings is 4. The monoisotopic (exact) mass is 587 g/mol. The van der Waals surface area contributed by atoms with Gasteiger partial charge >= 0.3 is 0 Å². The number of aldehydes is 1. The van der Waals surface area contributed by atoms with E-state index in [9.17, 15) is 4.79 Å². The van der Waals surface area contributed by atoms with Crippen LogP contribution in [0.5, 0.6) is 0 Å². The van der Waals surface area contributed by atoms with Crippen LogP contribution < -0.4 is 9.89 Å². The maximum Gasteiger partial charge on any atom is 0.219 e. The standard InChI is InChI=1S/C42H39N2O/c1-4-6-8-10-15-32(3)29-36(26-28-45)34-16-14-17-38(30-34)43-37-23-20-33(21-24-37)35-22-25-42-40(31-35)39-18-11-12-19-41(39)44(42)27-13-9-7-5-2/h4-14,16-31,43H,15H2,1-3H3/q+1/b6-4-,7-5-,10-8-,13-9-,32-29+,36-26+,44-27?. The highest BCUT2D eigenvalue weighted by Crippen LogP contribution is 2.46. The Kier molecular flexibility index (Phi) is 10.5. The van der Waals surface area contributed by atoms with Crippen LogP contribution in [0, 0.1) is 0 Å². The van der Waals surface area contributed by atoms with E-state index in [4.69, 9.17) is 0 Å². The lowest BCUT2D eigenvalue weighted by Gasteiger charge is -2.11. The van der Waals surface area contributed by atoms with Gasteiger partial charge in [-0.3, -0.25) is 4.79 Å². The molecular weight excluding hydrogens is 548 g/mol. The molecule has 0 unspecified atom stereocenters. The third kappa shape index (κ3) is 7.70. The number of nitrogens with zero attached hydrogens (tertiary/aromatic N) is 1. The van der Waals surface area contributed by atoms with Crippen molar-refractivity contribution in [2.75, 3.05) is 5.32 Å². The van der Waals surface area contributed by atoms with E-state index in [2.05, 4.69) is 114 Å². The lowest BCUT2D eigenvalue weighted by atomic mass is 9.99. The number of fused-ring (bicyclic) bond motifs is 3. The Bertz CT molecular complexity index is 1880. The van der Waals surface area contributed by atoms with Crippen LogP contribution in [0.2, 0.25) is 0 Å². The van der Waals surface area contributed by atoms with E-state index in [1.54, 1.807) is 6.08 Å². The Morgan fingerprint density at radius 2 is 1.47 bits per heavy atom. The second kappa shape index (κ2) is 15.3. The molecule has 1 heterocycles. The number of hydrogen-bond donors (Lipinski definition) is 1. The number of para-hydroxylation sites is 1. The van der Waals surface area contributed by atoms with Crippen LogP contribution in [-0.2, 0) is 4.79 Å². The van der Waals surface area contributed by atoms with Gasteiger partial charge < -0.3 is 5.32 Å². The first-order valence-corrected chi connectivity index (χ1v) is 15.3. The highest BCUT2D eigenvalue weighted by Gasteiger charge is 2.30. The average Bonchev–Trinajstić information content (AvgIpc) is 3.38. The van der Waals surface area contributed by atoms with Gasteiger partial charge in [-0.2, -0.15) is 4.58 Å². The fourth-order valence-electron chi connectivity index (χ4n) is 5.41. The predicted octanol–water partition coefficient (Wildman–Crippen LogP) is 11.2. The molecule has 1 N–H and O–H groups in total. The molecule has 0 saturated heterocycles. The molecular formula is C42H39N2O+. The molecule has 222 valence electrons. The van der Waals surface area contributed by atoms with Crippen molar-refractivity contribution >= 4 is 40.8 Å². The summed E-state index contributed by atoms with van der Waals surface area (Å²) in [4.78, 5) is 11.4. The molecule has 4 aromatic carbocycles. The van der Waals surface area contributed by atoms with Crippen LogP contribution in [0.25, 0.3) is 27.8 Å². The van der Waals surface area contributed by atoms with E-state index in [0.717, 1.165) is 40.8 Å². The van der Waals surface area contributed by atoms with Gasteiger partial charge in [0.1, 0.15) is 6.29 Å². The Balaban J connectivity index is 1.35. The van der Waals surface area contributed by atoms with Gasteiger partial charge in [0, 0.05) is 29.6 Å². The van der Waals surface area contributed by atoms with Crippen molar-refractivity contribution in [1.29, 1.82) is 0 Å². The second-order valence-corrected chi connectivity index (χ2v) is 10.9. The van der Waals surface area contributed by atoms with Crippen molar-refractivity contribution in [1.82, 2.24) is 4.58 Å². The summed E-state index contributed by atoms with van der Waals surface area (Å²) >= 11 is 0. The molecule has 0 atom stereocenters. The molecule has 45 heavy (non-hydrogen) atoms. The molecule has 3 heteroatoms. The number of carbonyl (C=O) groups excluding carboxylic acids is 1. The molecule has 0 fully saturated rings. The third-order valence-corrected chi connectivity index (χ3v) is 7.59. The average molecular weight is 588 g/mol. The van der Waals surface area contributed by atoms with Crippen LogP contribution >= 0.6 is 0 Å². The van der Waals surface area contributed by atoms with Gasteiger partial charge in [-0.05, 0) is 98.0 Å². The Labute approximate surface area is 267 Å². The highest BCUT2D eigenvalue weighted by molar-refractivity contribution is 5.98. The van der Waals surface area contributed by atoms with Crippen molar-refractivity contribution in [2.24, 2.45) is 0 Å². The van der Waals surface area contributed by atoms with E-state index < -0.39 is 0 Å². The number of allylic oxidation sites excluding steroid dienone is 12. The SMILES string of the molecule is C/C=C\C=C/C=[N+]1c2ccccc2-c2cc(-c3ccc(Nc4cccc(C(/C=C(\C)C/C=C\C=C/C)=C/C=O)c4)cc3)ccc21. The zero-order chi connectivity index (χ0) is 31.4. The van der Waals surface area contributed by atoms with Gasteiger partial charge in [-0.25, -0.2) is 0 Å². The quantitative estimate of drug-likeness (QED) is 0.0721. The number of nitrogens with one attached hydrogen (secondary N) is 1. The number of carbonyl (C=O) groups is 1. The van der Waals surface area contributed by atoms with Crippen molar-refractivity contribution in [3.8, 4) is 22.3 Å². The van der Waals surface area contributed by atoms with Gasteiger partial charge in [-0.15, -0.1) is 0 Å². The minimum Gasteiger partial charge on any atom is -0.356 e. The number of anilines is 2. The zero-order valence-electron chi connectivity index (χ0n) is 26.2. The Morgan fingerprint density at radius 1 is 0.711 bits per heavy atom. The van der Waals surface area contributed by atoms with E-state index in [1.165, 1.54) is 33.6 Å². The summed E-state index contributed by atoms with van der Waals surface area (Å²) in [6.45, 7) is 6.10. The molecule has 5 rings (SSSR count). The minimum absolute atomic E-state index is 0.826. The summed E-state index contributed by atoms with van der Waals surface area (Å²) in [5, 5.41) is 3.53. The van der Waals surface area contributed by atoms with Crippen molar-refractivity contribution in [3.05, 3.63) is 163 Å². The molecule has 4 aromatic rings. The molecule has 0 radical (unpaired) electrons. The molecule has 0 bridgehead atoms. The van der Waals surface area contributed by atoms with E-state index in [0.29, 0.717) is 0 Å². The third-order valence-electron chi connectivity index (χ3n) is 7.59. The predicted molar refractivity (Wildman–Crippen MR) is 195 cm³/mol. The van der Waals surface area contributed by atoms with Crippen molar-refractivity contribution < 1.29 is 4.79 Å². The molecule has 0 spiro atoms. The first kappa shape index (κ1) is 30.9. The maximum absolute atomic E-state index is 11.4. The Hall–Kier alpha value is -5.54. The van der Waals surface area contributed by atoms with Crippen LogP contribution in [0.1, 0.15) is 32.8 Å². The van der Waals surface area contributed by atoms with Gasteiger partial charge in [0.2, 0.25) is 11.4 Å². The van der Waals surface area contributed by atoms with E-state index >= 15 is 0 Å². The molecule has 0 aromatic heterocycles. The minimum atomic E-state index is 0.826. The summed E-state index contributed by atoms with van der Waals surface area (Å²) in [5.74, 6) is 0. The number of rotatable bonds is 11. The lowest BCUT2D eigenvalue weighted by Crippen LogP contribution is -2.00. The normalized spacial score (nSPS) is 14.2. The fourth-order valence-corrected chi connectivity index (χ4v) is 5.41. The van der Waals surface area contributed by atoms with Crippen LogP contribution in [0.15, 0.2) is 157 Å². The Morgan fingerprint density at radius 3 is 2.27 bits per heavy atom. The molecule has 1 aliphatic rings. The lowest BCUT2D eigenvalue weighted by molar-refractivity contribution is -0.104. The molecule has 0 aliphatic carbocycles. The molecule has 3 nitrogen and oxygen atoms in total. The summed E-state index contributed by atoms with van der Waals surface area (Å²) < 4.78 is 2.25. The van der Waals surface area contributed by atoms with Gasteiger partial charge in [-0.1, -0.05) is 90.6 Å². The fraction of sp³-hybridized carbons (Fsp3) is 0.0952. The summed E-state index contributed by atoms with van der Waals surface area (Å²) in [7, 11) is 0. The summed E-state index contributed by atoms with van der Waals surface area (Å²) in [5.41, 5.74) is 12.2. The molecule has 1 aliphatic heterocycles. The van der Waals surface area contributed by atoms with E-state index in [1.807, 2.05) is 68.5 Å². The second-order valence-electron chi connectivity index (χ2n) is 10.9. The van der Waals surface area contributed by atoms with Gasteiger partial charge in [0.05, 0.1) is 11.1 Å². The van der Waals surface area contributed by atoms with Crippen molar-refractivity contribution in [2.45, 2.75) is 27.2 Å². The summed E-state index contributed by atoms with van der Waals surface area (Å²) in [6.07, 6.45) is 23.9. The summed E-state index contributed by atoms with van der Waals surface area (Å²) in [6, 6.07) is 31.9. The van der Waals surface area contributed by atoms with Crippen molar-refractivity contribution in [3.63, 3.8) is 0 Å². The van der Waals surface area contributed by atoms with E-state index in [-0.39, 0.29) is 0 Å². The van der Waals surface area contributed by atoms with Crippen LogP contribution in [0.3, 0.4) is 0 Å². The first-order chi connectivity index (χ1) is 22.1. The maximum atomic E-state index is 11.4. The molecule has 0 saturated carbocycles. The zero-order valence-corrected chi connectivity index (χ0v) is 26.2. The van der Waals surface area contributed by atoms with Crippen LogP contribution in [-0.4, -0.2) is 12.5 Å². The first-order valence-electron chi connectivity index (χ1n) is 15.3. The van der Waals surface area contributed by atoms with Crippen LogP contribution in [0.4, 0.5) is 22.7 Å². The topological polar surface area (TPSA) is 32.1 Å².